The summed E-state index contributed by atoms with van der Waals surface area (Å²) in [7, 11) is 0. The second kappa shape index (κ2) is 10.2. The van der Waals surface area contributed by atoms with E-state index in [2.05, 4.69) is 5.32 Å². The van der Waals surface area contributed by atoms with Gasteiger partial charge >= 0.3 is 0 Å². The van der Waals surface area contributed by atoms with Crippen molar-refractivity contribution >= 4 is 23.4 Å². The Hall–Kier alpha value is -2.40. The van der Waals surface area contributed by atoms with Gasteiger partial charge in [0.05, 0.1) is 6.42 Å². The Bertz CT molecular complexity index is 810. The van der Waals surface area contributed by atoms with Gasteiger partial charge in [0.15, 0.2) is 0 Å². The molecule has 1 N–H and O–H groups in total. The lowest BCUT2D eigenvalue weighted by molar-refractivity contribution is -0.140. The van der Waals surface area contributed by atoms with Crippen molar-refractivity contribution in [3.05, 3.63) is 70.5 Å². The average molecular weight is 405 g/mol. The summed E-state index contributed by atoms with van der Waals surface area (Å²) in [6.45, 7) is 5.83. The monoisotopic (exact) mass is 404 g/mol. The van der Waals surface area contributed by atoms with Crippen LogP contribution >= 0.6 is 11.6 Å². The van der Waals surface area contributed by atoms with Crippen molar-refractivity contribution in [1.82, 2.24) is 10.2 Å². The minimum absolute atomic E-state index is 0.0179. The van der Waals surface area contributed by atoms with Gasteiger partial charge in [-0.2, -0.15) is 0 Å². The van der Waals surface area contributed by atoms with Gasteiger partial charge in [-0.15, -0.1) is 0 Å². The lowest BCUT2D eigenvalue weighted by atomic mass is 10.1. The molecule has 0 aliphatic carbocycles. The molecular formula is C22H26ClFN2O2. The van der Waals surface area contributed by atoms with Crippen LogP contribution in [-0.4, -0.2) is 28.8 Å². The first-order valence-corrected chi connectivity index (χ1v) is 9.77. The third kappa shape index (κ3) is 6.06. The quantitative estimate of drug-likeness (QED) is 0.710. The number of nitrogens with one attached hydrogen (secondary N) is 1. The summed E-state index contributed by atoms with van der Waals surface area (Å²) in [5.74, 6) is -0.794. The number of carbonyl (C=O) groups excluding carboxylic acids is 2. The molecule has 2 aromatic rings. The third-order valence-corrected chi connectivity index (χ3v) is 5.10. The number of nitrogens with zero attached hydrogens (tertiary/aromatic N) is 1. The van der Waals surface area contributed by atoms with Crippen molar-refractivity contribution in [2.45, 2.75) is 52.2 Å². The van der Waals surface area contributed by atoms with Crippen LogP contribution in [0.3, 0.4) is 0 Å². The number of hydrogen-bond acceptors (Lipinski definition) is 2. The van der Waals surface area contributed by atoms with Crippen LogP contribution in [0.5, 0.6) is 0 Å². The van der Waals surface area contributed by atoms with Gasteiger partial charge in [-0.3, -0.25) is 9.59 Å². The molecule has 6 heteroatoms. The highest BCUT2D eigenvalue weighted by atomic mass is 35.5. The van der Waals surface area contributed by atoms with Crippen molar-refractivity contribution in [1.29, 1.82) is 0 Å². The molecule has 150 valence electrons. The summed E-state index contributed by atoms with van der Waals surface area (Å²) >= 11 is 6.26. The van der Waals surface area contributed by atoms with E-state index in [1.54, 1.807) is 25.1 Å². The SMILES string of the molecule is CC[C@H](C)NC(=O)[C@@H](C)N(Cc1ccccc1Cl)C(=O)Cc1ccc(F)cc1. The predicted octanol–water partition coefficient (Wildman–Crippen LogP) is 4.35. The van der Waals surface area contributed by atoms with Gasteiger partial charge in [0.2, 0.25) is 11.8 Å². The van der Waals surface area contributed by atoms with Crippen LogP contribution in [0.15, 0.2) is 48.5 Å². The molecule has 0 saturated heterocycles. The normalized spacial score (nSPS) is 12.9. The van der Waals surface area contributed by atoms with Crippen LogP contribution in [-0.2, 0) is 22.6 Å². The maximum absolute atomic E-state index is 13.1. The fourth-order valence-corrected chi connectivity index (χ4v) is 2.93. The maximum Gasteiger partial charge on any atom is 0.242 e. The molecule has 0 unspecified atom stereocenters. The average Bonchev–Trinajstić information content (AvgIpc) is 2.68. The van der Waals surface area contributed by atoms with E-state index in [0.717, 1.165) is 12.0 Å². The predicted molar refractivity (Wildman–Crippen MR) is 109 cm³/mol. The molecule has 4 nitrogen and oxygen atoms in total. The van der Waals surface area contributed by atoms with Crippen LogP contribution in [0.2, 0.25) is 5.02 Å². The van der Waals surface area contributed by atoms with Crippen molar-refractivity contribution in [3.63, 3.8) is 0 Å². The van der Waals surface area contributed by atoms with Gasteiger partial charge in [-0.05, 0) is 49.6 Å². The topological polar surface area (TPSA) is 49.4 Å². The van der Waals surface area contributed by atoms with Crippen molar-refractivity contribution in [3.8, 4) is 0 Å². The van der Waals surface area contributed by atoms with Crippen LogP contribution in [0, 0.1) is 5.82 Å². The number of hydrogen-bond donors (Lipinski definition) is 1. The van der Waals surface area contributed by atoms with Crippen LogP contribution < -0.4 is 5.32 Å². The smallest absolute Gasteiger partial charge is 0.242 e. The Kier molecular flexibility index (Phi) is 8.00. The Labute approximate surface area is 170 Å². The second-order valence-electron chi connectivity index (χ2n) is 6.91. The van der Waals surface area contributed by atoms with E-state index in [4.69, 9.17) is 11.6 Å². The Balaban J connectivity index is 2.23. The van der Waals surface area contributed by atoms with E-state index in [-0.39, 0.29) is 36.6 Å². The number of halogens is 2. The van der Waals surface area contributed by atoms with E-state index in [1.165, 1.54) is 17.0 Å². The van der Waals surface area contributed by atoms with E-state index < -0.39 is 6.04 Å². The molecule has 2 amide bonds. The van der Waals surface area contributed by atoms with Crippen molar-refractivity contribution in [2.75, 3.05) is 0 Å². The molecule has 0 heterocycles. The fourth-order valence-electron chi connectivity index (χ4n) is 2.74. The van der Waals surface area contributed by atoms with Gasteiger partial charge in [0.1, 0.15) is 11.9 Å². The molecule has 0 aliphatic heterocycles. The van der Waals surface area contributed by atoms with Gasteiger partial charge in [-0.25, -0.2) is 4.39 Å². The Morgan fingerprint density at radius 3 is 2.36 bits per heavy atom. The van der Waals surface area contributed by atoms with E-state index in [1.807, 2.05) is 32.0 Å². The zero-order valence-corrected chi connectivity index (χ0v) is 17.2. The first kappa shape index (κ1) is 21.9. The lowest BCUT2D eigenvalue weighted by Gasteiger charge is -2.30. The molecular weight excluding hydrogens is 379 g/mol. The highest BCUT2D eigenvalue weighted by Gasteiger charge is 2.27. The van der Waals surface area contributed by atoms with Crippen LogP contribution in [0.25, 0.3) is 0 Å². The van der Waals surface area contributed by atoms with Gasteiger partial charge in [0, 0.05) is 17.6 Å². The number of amides is 2. The molecule has 0 radical (unpaired) electrons. The van der Waals surface area contributed by atoms with Crippen LogP contribution in [0.1, 0.15) is 38.3 Å². The molecule has 0 bridgehead atoms. The van der Waals surface area contributed by atoms with Gasteiger partial charge in [-0.1, -0.05) is 48.9 Å². The Morgan fingerprint density at radius 2 is 1.75 bits per heavy atom. The minimum Gasteiger partial charge on any atom is -0.352 e. The summed E-state index contributed by atoms with van der Waals surface area (Å²) in [5.41, 5.74) is 1.45. The van der Waals surface area contributed by atoms with E-state index in [9.17, 15) is 14.0 Å². The zero-order chi connectivity index (χ0) is 20.7. The molecule has 0 spiro atoms. The summed E-state index contributed by atoms with van der Waals surface area (Å²) in [6.07, 6.45) is 0.873. The summed E-state index contributed by atoms with van der Waals surface area (Å²) in [4.78, 5) is 27.2. The van der Waals surface area contributed by atoms with Gasteiger partial charge in [0.25, 0.3) is 0 Å². The third-order valence-electron chi connectivity index (χ3n) is 4.74. The summed E-state index contributed by atoms with van der Waals surface area (Å²) in [6, 6.07) is 12.4. The lowest BCUT2D eigenvalue weighted by Crippen LogP contribution is -2.49. The molecule has 28 heavy (non-hydrogen) atoms. The van der Waals surface area contributed by atoms with E-state index >= 15 is 0 Å². The minimum atomic E-state index is -0.668. The molecule has 0 fully saturated rings. The highest BCUT2D eigenvalue weighted by molar-refractivity contribution is 6.31. The summed E-state index contributed by atoms with van der Waals surface area (Å²) in [5, 5.41) is 3.46. The van der Waals surface area contributed by atoms with Gasteiger partial charge < -0.3 is 10.2 Å². The van der Waals surface area contributed by atoms with E-state index in [0.29, 0.717) is 10.6 Å². The molecule has 0 aromatic heterocycles. The molecule has 0 saturated carbocycles. The molecule has 0 aliphatic rings. The standard InChI is InChI=1S/C22H26ClFN2O2/c1-4-15(2)25-22(28)16(3)26(14-18-7-5-6-8-20(18)23)21(27)13-17-9-11-19(24)12-10-17/h5-12,15-16H,4,13-14H2,1-3H3,(H,25,28)/t15-,16+/m0/s1. The first-order chi connectivity index (χ1) is 13.3. The second-order valence-corrected chi connectivity index (χ2v) is 7.32. The molecule has 2 atom stereocenters. The van der Waals surface area contributed by atoms with Crippen molar-refractivity contribution < 1.29 is 14.0 Å². The van der Waals surface area contributed by atoms with Crippen LogP contribution in [0.4, 0.5) is 4.39 Å². The first-order valence-electron chi connectivity index (χ1n) is 9.39. The van der Waals surface area contributed by atoms with Crippen molar-refractivity contribution in [2.24, 2.45) is 0 Å². The number of rotatable bonds is 8. The molecule has 2 rings (SSSR count). The number of benzene rings is 2. The summed E-state index contributed by atoms with van der Waals surface area (Å²) < 4.78 is 13.1. The Morgan fingerprint density at radius 1 is 1.11 bits per heavy atom. The highest BCUT2D eigenvalue weighted by Crippen LogP contribution is 2.19. The largest absolute Gasteiger partial charge is 0.352 e. The zero-order valence-electron chi connectivity index (χ0n) is 16.4. The molecule has 2 aromatic carbocycles. The maximum atomic E-state index is 13.1. The number of carbonyl (C=O) groups is 2. The fraction of sp³-hybridized carbons (Fsp3) is 0.364.